The van der Waals surface area contributed by atoms with Gasteiger partial charge in [0.1, 0.15) is 0 Å². The fourth-order valence-electron chi connectivity index (χ4n) is 25.2. The third-order valence-corrected chi connectivity index (χ3v) is 29.7. The maximum absolute atomic E-state index is 5.81. The molecule has 18 aliphatic rings. The van der Waals surface area contributed by atoms with Crippen molar-refractivity contribution in [2.45, 2.75) is 411 Å². The molecule has 0 amide bonds. The lowest BCUT2D eigenvalue weighted by molar-refractivity contribution is -0.0225. The first-order valence-corrected chi connectivity index (χ1v) is 42.3. The van der Waals surface area contributed by atoms with Gasteiger partial charge < -0.3 is 14.5 Å². The van der Waals surface area contributed by atoms with Crippen LogP contribution < -0.4 is 0 Å². The fraction of sp³-hybridized carbons (Fsp3) is 1.00. The summed E-state index contributed by atoms with van der Waals surface area (Å²) in [5.74, 6) is 14.3. The molecule has 11 aliphatic heterocycles. The van der Waals surface area contributed by atoms with Crippen LogP contribution in [-0.2, 0) is 4.74 Å². The zero-order chi connectivity index (χ0) is 69.8. The normalized spacial score (nSPS) is 40.4. The van der Waals surface area contributed by atoms with Gasteiger partial charge in [0.05, 0.1) is 12.2 Å². The van der Waals surface area contributed by atoms with Crippen LogP contribution >= 0.6 is 0 Å². The molecule has 7 saturated carbocycles. The van der Waals surface area contributed by atoms with Crippen molar-refractivity contribution in [3.8, 4) is 0 Å². The number of ether oxygens (including phenoxy) is 1. The van der Waals surface area contributed by atoms with E-state index in [2.05, 4.69) is 205 Å². The molecule has 0 aromatic rings. The molecule has 11 saturated heterocycles. The van der Waals surface area contributed by atoms with Gasteiger partial charge in [-0.2, -0.15) is 0 Å². The summed E-state index contributed by atoms with van der Waals surface area (Å²) < 4.78 is 5.81. The van der Waals surface area contributed by atoms with Gasteiger partial charge in [-0.3, -0.25) is 14.7 Å². The Morgan fingerprint density at radius 3 is 1.07 bits per heavy atom. The average molecular weight is 1320 g/mol. The predicted octanol–water partition coefficient (Wildman–Crippen LogP) is 23.0. The van der Waals surface area contributed by atoms with E-state index >= 15 is 0 Å². The first-order chi connectivity index (χ1) is 43.9. The molecule has 7 aliphatic carbocycles. The van der Waals surface area contributed by atoms with E-state index in [0.717, 1.165) is 113 Å². The maximum Gasteiger partial charge on any atom is 0.0613 e. The molecule has 6 heteroatoms. The smallest absolute Gasteiger partial charge is 0.0613 e. The van der Waals surface area contributed by atoms with Crippen LogP contribution in [0.1, 0.15) is 352 Å². The number of hydrogen-bond acceptors (Lipinski definition) is 6. The number of hydrogen-bond donors (Lipinski definition) is 0. The van der Waals surface area contributed by atoms with Gasteiger partial charge in [-0.1, -0.05) is 142 Å². The molecule has 6 nitrogen and oxygen atoms in total. The fourth-order valence-corrected chi connectivity index (χ4v) is 25.2. The van der Waals surface area contributed by atoms with E-state index < -0.39 is 0 Å². The van der Waals surface area contributed by atoms with Crippen LogP contribution in [-0.4, -0.2) is 130 Å². The van der Waals surface area contributed by atoms with Gasteiger partial charge in [0.15, 0.2) is 0 Å². The Bertz CT molecular complexity index is 2180. The summed E-state index contributed by atoms with van der Waals surface area (Å²) in [6.45, 7) is 64.0. The summed E-state index contributed by atoms with van der Waals surface area (Å²) in [4.78, 5) is 13.3. The third kappa shape index (κ3) is 20.6. The summed E-state index contributed by atoms with van der Waals surface area (Å²) in [5.41, 5.74) is 3.89. The molecule has 18 rings (SSSR count). The lowest BCUT2D eigenvalue weighted by Crippen LogP contribution is -2.56. The molecule has 14 unspecified atom stereocenters. The highest BCUT2D eigenvalue weighted by Crippen LogP contribution is 2.56. The Morgan fingerprint density at radius 2 is 0.758 bits per heavy atom. The van der Waals surface area contributed by atoms with Gasteiger partial charge in [0.2, 0.25) is 0 Å². The van der Waals surface area contributed by atoms with E-state index in [0.29, 0.717) is 55.9 Å². The van der Waals surface area contributed by atoms with E-state index in [-0.39, 0.29) is 0 Å². The molecule has 95 heavy (non-hydrogen) atoms. The molecule has 18 fully saturated rings. The summed E-state index contributed by atoms with van der Waals surface area (Å²) in [5, 5.41) is 0. The molecule has 0 aromatic carbocycles. The Labute approximate surface area is 594 Å². The first kappa shape index (κ1) is 78.9. The Balaban J connectivity index is 0.000000128. The van der Waals surface area contributed by atoms with Crippen LogP contribution in [0.5, 0.6) is 0 Å². The van der Waals surface area contributed by atoms with Crippen molar-refractivity contribution in [1.29, 1.82) is 0 Å². The van der Waals surface area contributed by atoms with Gasteiger partial charge in [0, 0.05) is 79.5 Å². The van der Waals surface area contributed by atoms with Gasteiger partial charge in [-0.25, -0.2) is 0 Å². The highest BCUT2D eigenvalue weighted by molar-refractivity contribution is 5.04. The van der Waals surface area contributed by atoms with Crippen molar-refractivity contribution >= 4 is 0 Å². The lowest BCUT2D eigenvalue weighted by atomic mass is 9.66. The minimum absolute atomic E-state index is 0.407. The number of piperidine rings is 6. The first-order valence-electron chi connectivity index (χ1n) is 42.3. The van der Waals surface area contributed by atoms with E-state index in [9.17, 15) is 0 Å². The SMILES string of the molecule is CC(C)(C)C1C2CCCC1CC2.CC(C)(C)C1CC2CCC(C2)C1.CC(C)(C)C1CC2CCC1O2.CC(C)(C)N1C2CCCC1CC2.CC(C)(C)N1CC2CC(C2)C1.CC(C)(C)N1CC2CCC1CC2.CN1C2CCC1C(C(C)(C)C)C2.CN1CC2CCC(C1)C2C(C)(C)C. The van der Waals surface area contributed by atoms with E-state index in [1.165, 1.54) is 213 Å². The second-order valence-electron chi connectivity index (χ2n) is 45.1. The second-order valence-corrected chi connectivity index (χ2v) is 45.1. The maximum atomic E-state index is 5.81. The van der Waals surface area contributed by atoms with Crippen LogP contribution in [0, 0.1) is 110 Å². The Kier molecular flexibility index (Phi) is 25.9. The minimum Gasteiger partial charge on any atom is -0.375 e. The van der Waals surface area contributed by atoms with Crippen molar-refractivity contribution in [3.05, 3.63) is 0 Å². The van der Waals surface area contributed by atoms with E-state index in [1.807, 2.05) is 0 Å². The van der Waals surface area contributed by atoms with E-state index in [4.69, 9.17) is 4.74 Å². The number of nitrogens with zero attached hydrogens (tertiary/aromatic N) is 5. The number of fused-ring (bicyclic) bond motifs is 17. The molecule has 0 spiro atoms. The van der Waals surface area contributed by atoms with Gasteiger partial charge in [0.25, 0.3) is 0 Å². The highest BCUT2D eigenvalue weighted by atomic mass is 16.5. The van der Waals surface area contributed by atoms with E-state index in [1.54, 1.807) is 6.42 Å². The molecular formula is C89H167N5O. The third-order valence-electron chi connectivity index (χ3n) is 29.7. The van der Waals surface area contributed by atoms with Gasteiger partial charge >= 0.3 is 0 Å². The number of rotatable bonds is 0. The monoisotopic (exact) mass is 1320 g/mol. The van der Waals surface area contributed by atoms with Gasteiger partial charge in [-0.05, 0) is 334 Å². The highest BCUT2D eigenvalue weighted by Gasteiger charge is 2.51. The molecule has 11 heterocycles. The van der Waals surface area contributed by atoms with Crippen LogP contribution in [0.25, 0.3) is 0 Å². The van der Waals surface area contributed by atoms with Crippen LogP contribution in [0.2, 0.25) is 0 Å². The Hall–Kier alpha value is -0.240. The molecule has 554 valence electrons. The molecule has 0 aromatic heterocycles. The summed E-state index contributed by atoms with van der Waals surface area (Å²) in [6, 6.07) is 4.57. The zero-order valence-electron chi connectivity index (χ0n) is 68.8. The lowest BCUT2D eigenvalue weighted by Gasteiger charge is -2.52. The number of likely N-dealkylation sites (tertiary alicyclic amines) is 1. The largest absolute Gasteiger partial charge is 0.375 e. The van der Waals surface area contributed by atoms with Crippen molar-refractivity contribution in [2.75, 3.05) is 46.8 Å². The van der Waals surface area contributed by atoms with Crippen molar-refractivity contribution in [3.63, 3.8) is 0 Å². The quantitative estimate of drug-likeness (QED) is 0.240. The molecular weight excluding hydrogens is 1160 g/mol. The average Bonchev–Trinajstić information content (AvgIpc) is 1.76. The molecule has 14 atom stereocenters. The van der Waals surface area contributed by atoms with Crippen LogP contribution in [0.15, 0.2) is 0 Å². The van der Waals surface area contributed by atoms with Gasteiger partial charge in [-0.15, -0.1) is 0 Å². The van der Waals surface area contributed by atoms with Crippen molar-refractivity contribution in [2.24, 2.45) is 110 Å². The molecule has 0 N–H and O–H groups in total. The summed E-state index contributed by atoms with van der Waals surface area (Å²) in [6.07, 6.45) is 44.1. The summed E-state index contributed by atoms with van der Waals surface area (Å²) in [7, 11) is 4.60. The topological polar surface area (TPSA) is 25.4 Å². The molecule has 0 radical (unpaired) electrons. The predicted molar refractivity (Wildman–Crippen MR) is 412 cm³/mol. The summed E-state index contributed by atoms with van der Waals surface area (Å²) >= 11 is 0. The zero-order valence-corrected chi connectivity index (χ0v) is 68.8. The second kappa shape index (κ2) is 31.2. The Morgan fingerprint density at radius 1 is 0.305 bits per heavy atom. The van der Waals surface area contributed by atoms with Crippen molar-refractivity contribution < 1.29 is 4.74 Å². The standard InChI is InChI=1S/C12H23N.2C12H22.3C11H21N.C10H19N.C10H18O/c1-12(2,3)11-9-5-6-10(11)8-13(4)7-9;1-12(2,3)11-7-9-4-5-10(6-9)8-11;1-12(2,3)11-9-5-4-6-10(11)8-7-9;1-11(2,3)9-7-8-5-6-10(9)12(8)4;1-11(2,3)12-8-9-4-6-10(12)7-5-9;1-11(2,3)12-9-5-4-6-10(12)8-7-9;1-10(2,3)11-6-8-4-9(5-8)7-11;1-10(2,3)8-6-7-4-5-9(8)11-7/h9-11H,5-8H2,1-4H3;2*9-11H,4-8H2,1-3H3;8-10H,5-7H2,1-4H3;2*9-10H,4-8H2,1-3H3;8-9H,4-7H2,1-3H3;7-9H,4-6H2,1-3H3. The minimum atomic E-state index is 0.407. The van der Waals surface area contributed by atoms with Crippen LogP contribution in [0.3, 0.4) is 0 Å². The van der Waals surface area contributed by atoms with Crippen LogP contribution in [0.4, 0.5) is 0 Å². The van der Waals surface area contributed by atoms with Crippen molar-refractivity contribution in [1.82, 2.24) is 24.5 Å². The molecule has 16 bridgehead atoms.